The van der Waals surface area contributed by atoms with Crippen molar-refractivity contribution in [2.24, 2.45) is 23.7 Å². The Morgan fingerprint density at radius 1 is 1.00 bits per heavy atom. The maximum Gasteiger partial charge on any atom is 0.245 e. The Morgan fingerprint density at radius 3 is 2.24 bits per heavy atom. The van der Waals surface area contributed by atoms with E-state index in [0.29, 0.717) is 19.5 Å². The average Bonchev–Trinajstić information content (AvgIpc) is 3.62. The molecule has 2 unspecified atom stereocenters. The van der Waals surface area contributed by atoms with Crippen LogP contribution in [-0.4, -0.2) is 134 Å². The fraction of sp³-hybridized carbons (Fsp3) is 0.714. The summed E-state index contributed by atoms with van der Waals surface area (Å²) in [5.41, 5.74) is 0.946. The molecule has 1 saturated heterocycles. The number of benzene rings is 1. The van der Waals surface area contributed by atoms with Crippen molar-refractivity contribution in [2.45, 2.75) is 123 Å². The molecule has 3 N–H and O–H groups in total. The third-order valence-corrected chi connectivity index (χ3v) is 11.5. The van der Waals surface area contributed by atoms with Gasteiger partial charge in [0.2, 0.25) is 17.7 Å². The highest BCUT2D eigenvalue weighted by Gasteiger charge is 2.43. The quantitative estimate of drug-likeness (QED) is 0.159. The fourth-order valence-corrected chi connectivity index (χ4v) is 8.27. The largest absolute Gasteiger partial charge is 0.379 e. The number of nitrogens with one attached hydrogen (secondary N) is 2. The molecule has 1 fully saturated rings. The number of nitrogens with zero attached hydrogens (tertiary/aromatic N) is 4. The van der Waals surface area contributed by atoms with Crippen molar-refractivity contribution in [3.63, 3.8) is 0 Å². The predicted molar refractivity (Wildman–Crippen MR) is 215 cm³/mol. The van der Waals surface area contributed by atoms with Crippen LogP contribution in [0.4, 0.5) is 0 Å². The summed E-state index contributed by atoms with van der Waals surface area (Å²) >= 11 is 0. The van der Waals surface area contributed by atoms with Gasteiger partial charge in [0.15, 0.2) is 0 Å². The van der Waals surface area contributed by atoms with E-state index in [-0.39, 0.29) is 59.9 Å². The van der Waals surface area contributed by atoms with Gasteiger partial charge in [0.1, 0.15) is 12.3 Å². The fourth-order valence-electron chi connectivity index (χ4n) is 8.27. The summed E-state index contributed by atoms with van der Waals surface area (Å²) in [6.07, 6.45) is 3.14. The molecule has 12 nitrogen and oxygen atoms in total. The van der Waals surface area contributed by atoms with Crippen LogP contribution in [0.3, 0.4) is 0 Å². The molecule has 0 spiro atoms. The van der Waals surface area contributed by atoms with Crippen LogP contribution in [0.2, 0.25) is 0 Å². The highest BCUT2D eigenvalue weighted by molar-refractivity contribution is 5.90. The molecule has 304 valence electrons. The average molecular weight is 755 g/mol. The van der Waals surface area contributed by atoms with Crippen LogP contribution < -0.4 is 10.6 Å². The number of pyridine rings is 1. The molecule has 1 aliphatic heterocycles. The number of methoxy groups -OCH3 is 2. The first kappa shape index (κ1) is 45.2. The van der Waals surface area contributed by atoms with E-state index in [1.54, 1.807) is 26.2 Å². The highest BCUT2D eigenvalue weighted by Crippen LogP contribution is 2.30. The number of aliphatic hydroxyl groups excluding tert-OH is 1. The lowest BCUT2D eigenvalue weighted by atomic mass is 9.89. The van der Waals surface area contributed by atoms with Gasteiger partial charge >= 0.3 is 0 Å². The first-order chi connectivity index (χ1) is 25.6. The molecular weight excluding hydrogens is 684 g/mol. The molecule has 1 aromatic heterocycles. The van der Waals surface area contributed by atoms with Crippen LogP contribution in [0, 0.1) is 23.7 Å². The number of aromatic nitrogens is 1. The molecule has 54 heavy (non-hydrogen) atoms. The SMILES string of the molecule is CC[C@H](C)C([C@@H](CC(=O)N1CCC[C@H]1[C@H](OC)[C@@H](C)C(O)NCCc1cc2ccccc2cn1)OC)N(C)C(=O)[C@@H](NC(=O)[C@H](C(C)C)N(C)C)C(C)C. The van der Waals surface area contributed by atoms with Gasteiger partial charge in [-0.2, -0.15) is 0 Å². The van der Waals surface area contributed by atoms with Crippen molar-refractivity contribution in [1.82, 2.24) is 30.3 Å². The Morgan fingerprint density at radius 2 is 1.67 bits per heavy atom. The van der Waals surface area contributed by atoms with Crippen LogP contribution in [0.1, 0.15) is 79.8 Å². The third-order valence-electron chi connectivity index (χ3n) is 11.5. The lowest BCUT2D eigenvalue weighted by Crippen LogP contribution is -2.59. The maximum absolute atomic E-state index is 14.2. The number of amides is 3. The van der Waals surface area contributed by atoms with Gasteiger partial charge in [-0.15, -0.1) is 0 Å². The van der Waals surface area contributed by atoms with Gasteiger partial charge in [0.25, 0.3) is 0 Å². The smallest absolute Gasteiger partial charge is 0.245 e. The van der Waals surface area contributed by atoms with Crippen LogP contribution in [-0.2, 0) is 30.3 Å². The number of carbonyl (C=O) groups is 3. The monoisotopic (exact) mass is 755 g/mol. The summed E-state index contributed by atoms with van der Waals surface area (Å²) in [6, 6.07) is 8.45. The lowest BCUT2D eigenvalue weighted by molar-refractivity contribution is -0.147. The first-order valence-electron chi connectivity index (χ1n) is 19.9. The van der Waals surface area contributed by atoms with Crippen LogP contribution in [0.5, 0.6) is 0 Å². The number of aliphatic hydroxyl groups is 1. The zero-order valence-corrected chi connectivity index (χ0v) is 35.0. The van der Waals surface area contributed by atoms with Crippen molar-refractivity contribution in [3.8, 4) is 0 Å². The van der Waals surface area contributed by atoms with E-state index < -0.39 is 30.5 Å². The molecule has 0 aliphatic carbocycles. The molecule has 0 saturated carbocycles. The van der Waals surface area contributed by atoms with E-state index in [9.17, 15) is 19.5 Å². The number of rotatable bonds is 21. The number of fused-ring (bicyclic) bond motifs is 1. The van der Waals surface area contributed by atoms with Crippen molar-refractivity contribution in [2.75, 3.05) is 48.5 Å². The molecule has 1 aliphatic rings. The molecule has 1 aromatic carbocycles. The number of hydrogen-bond acceptors (Lipinski definition) is 9. The molecule has 9 atom stereocenters. The maximum atomic E-state index is 14.2. The summed E-state index contributed by atoms with van der Waals surface area (Å²) in [5.74, 6) is -0.848. The zero-order valence-electron chi connectivity index (χ0n) is 35.0. The summed E-state index contributed by atoms with van der Waals surface area (Å²) < 4.78 is 12.1. The number of likely N-dealkylation sites (N-methyl/N-ethyl adjacent to an activating group) is 2. The van der Waals surface area contributed by atoms with Crippen molar-refractivity contribution >= 4 is 28.5 Å². The number of carbonyl (C=O) groups excluding carboxylic acids is 3. The summed E-state index contributed by atoms with van der Waals surface area (Å²) in [5, 5.41) is 19.8. The second kappa shape index (κ2) is 21.2. The Labute approximate surface area is 324 Å². The van der Waals surface area contributed by atoms with Gasteiger partial charge in [0, 0.05) is 64.0 Å². The standard InChI is InChI=1S/C42H70N6O6/c1-13-28(6)38(47(10)42(52)36(26(2)3)45-41(51)37(27(4)5)46(8)9)34(53-11)24-35(49)48-22-16-19-33(48)39(54-12)29(7)40(50)43-21-20-32-23-30-17-14-15-18-31(30)25-44-32/h14-15,17-18,23,25-29,33-34,36-40,43,50H,13,16,19-22,24H2,1-12H3,(H,45,51)/t28-,29+,33-,34+,36-,37-,38?,39+,40?/m0/s1. The Hall–Kier alpha value is -3.16. The number of likely N-dealkylation sites (tertiary alicyclic amines) is 1. The molecule has 2 aromatic rings. The third kappa shape index (κ3) is 11.4. The van der Waals surface area contributed by atoms with Gasteiger partial charge in [0.05, 0.1) is 36.8 Å². The number of ether oxygens (including phenoxy) is 2. The zero-order chi connectivity index (χ0) is 40.3. The molecule has 2 heterocycles. The van der Waals surface area contributed by atoms with E-state index in [0.717, 1.165) is 35.7 Å². The van der Waals surface area contributed by atoms with Gasteiger partial charge in [-0.25, -0.2) is 0 Å². The van der Waals surface area contributed by atoms with Crippen molar-refractivity contribution < 1.29 is 29.0 Å². The molecule has 12 heteroatoms. The number of hydrogen-bond donors (Lipinski definition) is 3. The summed E-state index contributed by atoms with van der Waals surface area (Å²) in [4.78, 5) is 51.9. The van der Waals surface area contributed by atoms with Crippen LogP contribution in [0.25, 0.3) is 10.8 Å². The minimum Gasteiger partial charge on any atom is -0.379 e. The molecule has 0 radical (unpaired) electrons. The second-order valence-corrected chi connectivity index (χ2v) is 16.2. The molecular formula is C42H70N6O6. The predicted octanol–water partition coefficient (Wildman–Crippen LogP) is 4.33. The van der Waals surface area contributed by atoms with Crippen LogP contribution in [0.15, 0.2) is 36.5 Å². The first-order valence-corrected chi connectivity index (χ1v) is 19.9. The molecule has 0 bridgehead atoms. The van der Waals surface area contributed by atoms with Crippen molar-refractivity contribution in [1.29, 1.82) is 0 Å². The Balaban J connectivity index is 1.71. The molecule has 3 rings (SSSR count). The van der Waals surface area contributed by atoms with E-state index >= 15 is 0 Å². The van der Waals surface area contributed by atoms with Gasteiger partial charge in [-0.05, 0) is 56.1 Å². The molecule has 3 amide bonds. The summed E-state index contributed by atoms with van der Waals surface area (Å²) in [6.45, 7) is 15.1. The van der Waals surface area contributed by atoms with Gasteiger partial charge in [-0.3, -0.25) is 29.6 Å². The van der Waals surface area contributed by atoms with Gasteiger partial charge < -0.3 is 29.7 Å². The van der Waals surface area contributed by atoms with Gasteiger partial charge in [-0.1, -0.05) is 79.2 Å². The Kier molecular flexibility index (Phi) is 17.8. The van der Waals surface area contributed by atoms with E-state index in [4.69, 9.17) is 9.47 Å². The topological polar surface area (TPSA) is 137 Å². The highest BCUT2D eigenvalue weighted by atomic mass is 16.5. The summed E-state index contributed by atoms with van der Waals surface area (Å²) in [7, 11) is 8.72. The Bertz CT molecular complexity index is 1480. The van der Waals surface area contributed by atoms with E-state index in [2.05, 4.69) is 41.6 Å². The minimum absolute atomic E-state index is 0.0116. The van der Waals surface area contributed by atoms with E-state index in [1.807, 2.05) is 82.9 Å². The lowest BCUT2D eigenvalue weighted by Gasteiger charge is -2.41. The van der Waals surface area contributed by atoms with E-state index in [1.165, 1.54) is 0 Å². The minimum atomic E-state index is -0.850. The normalized spacial score (nSPS) is 19.4. The second-order valence-electron chi connectivity index (χ2n) is 16.2. The van der Waals surface area contributed by atoms with Crippen molar-refractivity contribution in [3.05, 3.63) is 42.2 Å². The van der Waals surface area contributed by atoms with Crippen LogP contribution >= 0.6 is 0 Å².